The van der Waals surface area contributed by atoms with Crippen LogP contribution in [0.3, 0.4) is 0 Å². The van der Waals surface area contributed by atoms with Crippen LogP contribution in [-0.2, 0) is 11.3 Å². The quantitative estimate of drug-likeness (QED) is 0.638. The molecular weight excluding hydrogens is 366 g/mol. The number of hydrogen-bond acceptors (Lipinski definition) is 2. The summed E-state index contributed by atoms with van der Waals surface area (Å²) in [4.78, 5) is 12.1. The fourth-order valence-corrected chi connectivity index (χ4v) is 2.37. The molecule has 1 atom stereocenters. The van der Waals surface area contributed by atoms with Crippen LogP contribution in [0.15, 0.2) is 83.9 Å². The number of halogens is 1. The minimum absolute atomic E-state index is 0.165. The molecule has 1 amide bonds. The number of ether oxygens (including phenoxy) is 1. The summed E-state index contributed by atoms with van der Waals surface area (Å²) in [7, 11) is 0. The standard InChI is InChI=1S/C20H20BrNO2/c1-2-18(21)13-14-19(17-11-7-4-8-12-17)22-20(23)24-15-16-9-5-3-6-10-16/h2-13,19H,1,14-15H2,(H,22,23)/b18-13-. The summed E-state index contributed by atoms with van der Waals surface area (Å²) < 4.78 is 6.20. The van der Waals surface area contributed by atoms with Crippen LogP contribution < -0.4 is 5.32 Å². The second-order valence-electron chi connectivity index (χ2n) is 5.20. The lowest BCUT2D eigenvalue weighted by Crippen LogP contribution is -2.28. The number of amides is 1. The van der Waals surface area contributed by atoms with Gasteiger partial charge in [0.05, 0.1) is 6.04 Å². The Morgan fingerprint density at radius 3 is 2.38 bits per heavy atom. The van der Waals surface area contributed by atoms with Gasteiger partial charge in [-0.2, -0.15) is 0 Å². The number of benzene rings is 2. The third-order valence-corrected chi connectivity index (χ3v) is 4.10. The predicted molar refractivity (Wildman–Crippen MR) is 101 cm³/mol. The van der Waals surface area contributed by atoms with E-state index in [0.29, 0.717) is 6.42 Å². The second-order valence-corrected chi connectivity index (χ2v) is 6.11. The summed E-state index contributed by atoms with van der Waals surface area (Å²) >= 11 is 3.40. The molecule has 0 heterocycles. The first kappa shape index (κ1) is 18.0. The Bertz CT molecular complexity index is 683. The van der Waals surface area contributed by atoms with E-state index >= 15 is 0 Å². The van der Waals surface area contributed by atoms with E-state index in [1.54, 1.807) is 6.08 Å². The van der Waals surface area contributed by atoms with Gasteiger partial charge in [0.1, 0.15) is 6.61 Å². The fraction of sp³-hybridized carbons (Fsp3) is 0.150. The second kappa shape index (κ2) is 9.73. The van der Waals surface area contributed by atoms with Crippen molar-refractivity contribution in [2.45, 2.75) is 19.1 Å². The van der Waals surface area contributed by atoms with Gasteiger partial charge in [-0.1, -0.05) is 95.3 Å². The molecule has 0 saturated carbocycles. The summed E-state index contributed by atoms with van der Waals surface area (Å²) in [6.45, 7) is 3.96. The zero-order valence-electron chi connectivity index (χ0n) is 13.3. The molecule has 2 aromatic rings. The molecule has 24 heavy (non-hydrogen) atoms. The number of rotatable bonds is 7. The molecule has 1 N–H and O–H groups in total. The van der Waals surface area contributed by atoms with Crippen molar-refractivity contribution in [3.8, 4) is 0 Å². The van der Waals surface area contributed by atoms with Crippen molar-refractivity contribution in [1.82, 2.24) is 5.32 Å². The smallest absolute Gasteiger partial charge is 0.407 e. The summed E-state index contributed by atoms with van der Waals surface area (Å²) in [5.74, 6) is 0. The van der Waals surface area contributed by atoms with Crippen molar-refractivity contribution < 1.29 is 9.53 Å². The molecule has 2 aromatic carbocycles. The van der Waals surface area contributed by atoms with E-state index in [1.165, 1.54) is 0 Å². The number of carbonyl (C=O) groups excluding carboxylic acids is 1. The van der Waals surface area contributed by atoms with Crippen molar-refractivity contribution in [1.29, 1.82) is 0 Å². The lowest BCUT2D eigenvalue weighted by Gasteiger charge is -2.18. The van der Waals surface area contributed by atoms with Gasteiger partial charge in [-0.05, 0) is 17.5 Å². The molecule has 124 valence electrons. The first-order valence-electron chi connectivity index (χ1n) is 7.69. The van der Waals surface area contributed by atoms with Crippen molar-refractivity contribution in [2.24, 2.45) is 0 Å². The minimum atomic E-state index is -0.434. The van der Waals surface area contributed by atoms with Crippen LogP contribution in [0.25, 0.3) is 0 Å². The van der Waals surface area contributed by atoms with Crippen molar-refractivity contribution in [3.05, 3.63) is 95.0 Å². The average molecular weight is 386 g/mol. The molecule has 3 nitrogen and oxygen atoms in total. The molecule has 1 unspecified atom stereocenters. The van der Waals surface area contributed by atoms with E-state index in [9.17, 15) is 4.79 Å². The van der Waals surface area contributed by atoms with Crippen LogP contribution in [0.2, 0.25) is 0 Å². The molecule has 0 fully saturated rings. The Labute approximate surface area is 151 Å². The lowest BCUT2D eigenvalue weighted by molar-refractivity contribution is 0.135. The van der Waals surface area contributed by atoms with Crippen molar-refractivity contribution >= 4 is 22.0 Å². The van der Waals surface area contributed by atoms with E-state index in [2.05, 4.69) is 27.8 Å². The summed E-state index contributed by atoms with van der Waals surface area (Å²) in [6.07, 6.45) is 3.89. The first-order chi connectivity index (χ1) is 11.7. The van der Waals surface area contributed by atoms with Crippen LogP contribution in [0.5, 0.6) is 0 Å². The molecule has 0 aliphatic carbocycles. The highest BCUT2D eigenvalue weighted by atomic mass is 79.9. The van der Waals surface area contributed by atoms with Crippen LogP contribution in [-0.4, -0.2) is 6.09 Å². The summed E-state index contributed by atoms with van der Waals surface area (Å²) in [5, 5.41) is 2.92. The summed E-state index contributed by atoms with van der Waals surface area (Å²) in [6, 6.07) is 19.3. The van der Waals surface area contributed by atoms with E-state index in [0.717, 1.165) is 15.6 Å². The van der Waals surface area contributed by atoms with Crippen LogP contribution in [0.4, 0.5) is 4.79 Å². The molecule has 2 rings (SSSR count). The van der Waals surface area contributed by atoms with Gasteiger partial charge in [-0.15, -0.1) is 0 Å². The monoisotopic (exact) mass is 385 g/mol. The zero-order valence-corrected chi connectivity index (χ0v) is 14.9. The maximum absolute atomic E-state index is 12.1. The Morgan fingerprint density at radius 2 is 1.75 bits per heavy atom. The largest absolute Gasteiger partial charge is 0.445 e. The Balaban J connectivity index is 1.99. The molecule has 0 aromatic heterocycles. The number of nitrogens with one attached hydrogen (secondary N) is 1. The van der Waals surface area contributed by atoms with Gasteiger partial charge in [0.2, 0.25) is 0 Å². The lowest BCUT2D eigenvalue weighted by atomic mass is 10.0. The normalized spacial score (nSPS) is 12.3. The van der Waals surface area contributed by atoms with Gasteiger partial charge >= 0.3 is 6.09 Å². The molecule has 0 spiro atoms. The maximum atomic E-state index is 12.1. The van der Waals surface area contributed by atoms with E-state index in [1.807, 2.05) is 66.7 Å². The highest BCUT2D eigenvalue weighted by Crippen LogP contribution is 2.20. The topological polar surface area (TPSA) is 38.3 Å². The summed E-state index contributed by atoms with van der Waals surface area (Å²) in [5.41, 5.74) is 1.98. The van der Waals surface area contributed by atoms with E-state index in [4.69, 9.17) is 4.74 Å². The number of alkyl carbamates (subject to hydrolysis) is 1. The first-order valence-corrected chi connectivity index (χ1v) is 8.48. The third-order valence-electron chi connectivity index (χ3n) is 3.45. The molecule has 0 aliphatic rings. The van der Waals surface area contributed by atoms with E-state index < -0.39 is 6.09 Å². The molecule has 4 heteroatoms. The van der Waals surface area contributed by atoms with Crippen LogP contribution in [0, 0.1) is 0 Å². The Morgan fingerprint density at radius 1 is 1.12 bits per heavy atom. The number of carbonyl (C=O) groups is 1. The van der Waals surface area contributed by atoms with Gasteiger partial charge in [0, 0.05) is 4.48 Å². The van der Waals surface area contributed by atoms with Gasteiger partial charge in [0.25, 0.3) is 0 Å². The maximum Gasteiger partial charge on any atom is 0.407 e. The highest BCUT2D eigenvalue weighted by Gasteiger charge is 2.14. The minimum Gasteiger partial charge on any atom is -0.445 e. The average Bonchev–Trinajstić information content (AvgIpc) is 2.64. The van der Waals surface area contributed by atoms with Crippen molar-refractivity contribution in [2.75, 3.05) is 0 Å². The van der Waals surface area contributed by atoms with Crippen LogP contribution >= 0.6 is 15.9 Å². The number of allylic oxidation sites excluding steroid dienone is 2. The van der Waals surface area contributed by atoms with Gasteiger partial charge in [-0.3, -0.25) is 0 Å². The highest BCUT2D eigenvalue weighted by molar-refractivity contribution is 9.11. The molecule has 0 aliphatic heterocycles. The Hall–Kier alpha value is -2.33. The Kier molecular flexibility index (Phi) is 7.30. The fourth-order valence-electron chi connectivity index (χ4n) is 2.18. The molecular formula is C20H20BrNO2. The molecule has 0 radical (unpaired) electrons. The van der Waals surface area contributed by atoms with Gasteiger partial charge in [0.15, 0.2) is 0 Å². The van der Waals surface area contributed by atoms with E-state index in [-0.39, 0.29) is 12.6 Å². The van der Waals surface area contributed by atoms with Crippen molar-refractivity contribution in [3.63, 3.8) is 0 Å². The third kappa shape index (κ3) is 6.05. The predicted octanol–water partition coefficient (Wildman–Crippen LogP) is 5.51. The van der Waals surface area contributed by atoms with Crippen LogP contribution in [0.1, 0.15) is 23.6 Å². The molecule has 0 saturated heterocycles. The van der Waals surface area contributed by atoms with Gasteiger partial charge in [-0.25, -0.2) is 4.79 Å². The molecule has 0 bridgehead atoms. The number of hydrogen-bond donors (Lipinski definition) is 1. The van der Waals surface area contributed by atoms with Gasteiger partial charge < -0.3 is 10.1 Å². The zero-order chi connectivity index (χ0) is 17.2. The SMILES string of the molecule is C=C/C(Br)=C/CC(NC(=O)OCc1ccccc1)c1ccccc1.